The molecule has 0 aliphatic heterocycles. The molecule has 1 N–H and O–H groups in total. The second kappa shape index (κ2) is 6.49. The summed E-state index contributed by atoms with van der Waals surface area (Å²) in [6, 6.07) is 0. The molecule has 0 saturated heterocycles. The Morgan fingerprint density at radius 3 is 2.07 bits per heavy atom. The van der Waals surface area contributed by atoms with Crippen molar-refractivity contribution >= 4 is 0 Å². The number of aliphatic hydroxyl groups excluding tert-OH is 1. The summed E-state index contributed by atoms with van der Waals surface area (Å²) in [5.74, 6) is 5.10. The summed E-state index contributed by atoms with van der Waals surface area (Å²) in [5.41, 5.74) is 2.06. The van der Waals surface area contributed by atoms with E-state index in [1.165, 1.54) is 64.2 Å². The minimum Gasteiger partial charge on any atom is -0.393 e. The quantitative estimate of drug-likeness (QED) is 0.447. The van der Waals surface area contributed by atoms with Gasteiger partial charge in [-0.15, -0.1) is 0 Å². The van der Waals surface area contributed by atoms with E-state index < -0.39 is 0 Å². The van der Waals surface area contributed by atoms with Crippen LogP contribution in [-0.4, -0.2) is 11.2 Å². The summed E-state index contributed by atoms with van der Waals surface area (Å²) >= 11 is 0. The molecule has 0 amide bonds. The maximum Gasteiger partial charge on any atom is 0.0571 e. The first-order chi connectivity index (χ1) is 13.5. The topological polar surface area (TPSA) is 20.2 Å². The van der Waals surface area contributed by atoms with E-state index in [-0.39, 0.29) is 6.10 Å². The van der Waals surface area contributed by atoms with Crippen molar-refractivity contribution in [3.05, 3.63) is 0 Å². The third-order valence-electron chi connectivity index (χ3n) is 12.8. The Hall–Kier alpha value is -0.0400. The molecule has 5 aliphatic carbocycles. The Kier molecular flexibility index (Phi) is 4.66. The van der Waals surface area contributed by atoms with E-state index in [1.807, 2.05) is 0 Å². The normalized spacial score (nSPS) is 62.4. The van der Waals surface area contributed by atoms with E-state index in [2.05, 4.69) is 41.5 Å². The molecule has 0 aromatic carbocycles. The summed E-state index contributed by atoms with van der Waals surface area (Å²) in [4.78, 5) is 0. The van der Waals surface area contributed by atoms with Gasteiger partial charge in [0.25, 0.3) is 0 Å². The van der Waals surface area contributed by atoms with Crippen LogP contribution in [0.5, 0.6) is 0 Å². The molecular formula is C28H48O. The number of aliphatic hydroxyl groups is 1. The Morgan fingerprint density at radius 1 is 0.621 bits per heavy atom. The standard InChI is InChI=1S/C28H48O/c1-18-9-12-25(3)15-16-27(5)20(21(25)17-18)10-13-28(6)23-8-7-22(29)19(2)26(23,4)14-11-24(27)28/h18-24,29H,7-17H2,1-6H3. The predicted octanol–water partition coefficient (Wildman–Crippen LogP) is 7.47. The molecule has 0 aromatic rings. The third-order valence-corrected chi connectivity index (χ3v) is 12.8. The van der Waals surface area contributed by atoms with Gasteiger partial charge < -0.3 is 5.11 Å². The lowest BCUT2D eigenvalue weighted by Gasteiger charge is -2.71. The van der Waals surface area contributed by atoms with Crippen LogP contribution in [0.25, 0.3) is 0 Å². The van der Waals surface area contributed by atoms with E-state index in [1.54, 1.807) is 0 Å². The van der Waals surface area contributed by atoms with Crippen LogP contribution in [0.1, 0.15) is 112 Å². The second-order valence-corrected chi connectivity index (χ2v) is 13.9. The van der Waals surface area contributed by atoms with Crippen molar-refractivity contribution in [1.82, 2.24) is 0 Å². The lowest BCUT2D eigenvalue weighted by atomic mass is 9.34. The molecule has 11 unspecified atom stereocenters. The minimum atomic E-state index is -0.0672. The fraction of sp³-hybridized carbons (Fsp3) is 1.00. The molecule has 5 rings (SSSR count). The molecule has 5 fully saturated rings. The molecule has 1 nitrogen and oxygen atoms in total. The Morgan fingerprint density at radius 2 is 1.31 bits per heavy atom. The molecular weight excluding hydrogens is 352 g/mol. The summed E-state index contributed by atoms with van der Waals surface area (Å²) in [7, 11) is 0. The van der Waals surface area contributed by atoms with Crippen molar-refractivity contribution in [2.75, 3.05) is 0 Å². The van der Waals surface area contributed by atoms with E-state index in [4.69, 9.17) is 0 Å². The van der Waals surface area contributed by atoms with Crippen LogP contribution in [0, 0.1) is 57.2 Å². The summed E-state index contributed by atoms with van der Waals surface area (Å²) < 4.78 is 0. The molecule has 0 radical (unpaired) electrons. The average Bonchev–Trinajstić information content (AvgIpc) is 2.66. The highest BCUT2D eigenvalue weighted by molar-refractivity contribution is 5.15. The Bertz CT molecular complexity index is 657. The van der Waals surface area contributed by atoms with Crippen LogP contribution in [0.2, 0.25) is 0 Å². The molecule has 29 heavy (non-hydrogen) atoms. The van der Waals surface area contributed by atoms with Gasteiger partial charge in [0, 0.05) is 0 Å². The molecule has 1 heteroatoms. The van der Waals surface area contributed by atoms with Crippen LogP contribution in [-0.2, 0) is 0 Å². The van der Waals surface area contributed by atoms with Gasteiger partial charge >= 0.3 is 0 Å². The lowest BCUT2D eigenvalue weighted by molar-refractivity contribution is -0.227. The average molecular weight is 401 g/mol. The van der Waals surface area contributed by atoms with Gasteiger partial charge in [0.2, 0.25) is 0 Å². The van der Waals surface area contributed by atoms with Gasteiger partial charge in [-0.25, -0.2) is 0 Å². The van der Waals surface area contributed by atoms with E-state index in [9.17, 15) is 5.11 Å². The van der Waals surface area contributed by atoms with Crippen molar-refractivity contribution < 1.29 is 5.11 Å². The van der Waals surface area contributed by atoms with Gasteiger partial charge in [-0.05, 0) is 121 Å². The molecule has 166 valence electrons. The first-order valence-electron chi connectivity index (χ1n) is 13.2. The van der Waals surface area contributed by atoms with E-state index in [0.29, 0.717) is 27.6 Å². The van der Waals surface area contributed by atoms with Crippen molar-refractivity contribution in [3.8, 4) is 0 Å². The van der Waals surface area contributed by atoms with Crippen molar-refractivity contribution in [2.24, 2.45) is 57.2 Å². The zero-order valence-electron chi connectivity index (χ0n) is 20.3. The van der Waals surface area contributed by atoms with Crippen LogP contribution < -0.4 is 0 Å². The highest BCUT2D eigenvalue weighted by atomic mass is 16.3. The maximum absolute atomic E-state index is 10.7. The fourth-order valence-corrected chi connectivity index (χ4v) is 10.8. The Balaban J connectivity index is 1.49. The van der Waals surface area contributed by atoms with Crippen molar-refractivity contribution in [3.63, 3.8) is 0 Å². The predicted molar refractivity (Wildman–Crippen MR) is 122 cm³/mol. The van der Waals surface area contributed by atoms with Gasteiger partial charge in [-0.1, -0.05) is 48.0 Å². The largest absolute Gasteiger partial charge is 0.393 e. The number of fused-ring (bicyclic) bond motifs is 7. The minimum absolute atomic E-state index is 0.0672. The summed E-state index contributed by atoms with van der Waals surface area (Å²) in [5, 5.41) is 10.7. The van der Waals surface area contributed by atoms with Gasteiger partial charge in [0.15, 0.2) is 0 Å². The fourth-order valence-electron chi connectivity index (χ4n) is 10.8. The molecule has 0 spiro atoms. The van der Waals surface area contributed by atoms with Gasteiger partial charge in [-0.2, -0.15) is 0 Å². The molecule has 0 bridgehead atoms. The molecule has 5 aliphatic rings. The number of rotatable bonds is 0. The number of hydrogen-bond donors (Lipinski definition) is 1. The summed E-state index contributed by atoms with van der Waals surface area (Å²) in [6.07, 6.45) is 15.4. The highest BCUT2D eigenvalue weighted by Gasteiger charge is 2.66. The zero-order chi connectivity index (χ0) is 20.8. The highest BCUT2D eigenvalue weighted by Crippen LogP contribution is 2.74. The first-order valence-corrected chi connectivity index (χ1v) is 13.2. The van der Waals surface area contributed by atoms with E-state index in [0.717, 1.165) is 36.0 Å². The monoisotopic (exact) mass is 400 g/mol. The molecule has 0 aromatic heterocycles. The zero-order valence-corrected chi connectivity index (χ0v) is 20.3. The SMILES string of the molecule is CC1CCC2(C)CCC3(C)C(CCC4(C)C5CCC(O)C(C)C5(C)CCC34)C2C1. The van der Waals surface area contributed by atoms with E-state index >= 15 is 0 Å². The van der Waals surface area contributed by atoms with Crippen LogP contribution in [0.3, 0.4) is 0 Å². The lowest BCUT2D eigenvalue weighted by Crippen LogP contribution is -2.64. The molecule has 11 atom stereocenters. The maximum atomic E-state index is 10.7. The van der Waals surface area contributed by atoms with Crippen LogP contribution in [0.15, 0.2) is 0 Å². The first kappa shape index (κ1) is 20.8. The van der Waals surface area contributed by atoms with Crippen LogP contribution in [0.4, 0.5) is 0 Å². The van der Waals surface area contributed by atoms with Gasteiger partial charge in [0.05, 0.1) is 6.10 Å². The van der Waals surface area contributed by atoms with Crippen molar-refractivity contribution in [2.45, 2.75) is 118 Å². The van der Waals surface area contributed by atoms with Gasteiger partial charge in [-0.3, -0.25) is 0 Å². The molecule has 5 saturated carbocycles. The number of hydrogen-bond acceptors (Lipinski definition) is 1. The van der Waals surface area contributed by atoms with Gasteiger partial charge in [0.1, 0.15) is 0 Å². The molecule has 0 heterocycles. The van der Waals surface area contributed by atoms with Crippen molar-refractivity contribution in [1.29, 1.82) is 0 Å². The third kappa shape index (κ3) is 2.67. The van der Waals surface area contributed by atoms with Crippen LogP contribution >= 0.6 is 0 Å². The smallest absolute Gasteiger partial charge is 0.0571 e. The summed E-state index contributed by atoms with van der Waals surface area (Å²) in [6.45, 7) is 15.6. The Labute approximate surface area is 180 Å². The second-order valence-electron chi connectivity index (χ2n) is 13.9.